The van der Waals surface area contributed by atoms with Crippen LogP contribution in [0.5, 0.6) is 0 Å². The van der Waals surface area contributed by atoms with Crippen molar-refractivity contribution < 1.29 is 4.79 Å². The molecule has 3 N–H and O–H groups in total. The van der Waals surface area contributed by atoms with E-state index in [4.69, 9.17) is 4.99 Å². The lowest BCUT2D eigenvalue weighted by Gasteiger charge is -2.32. The Kier molecular flexibility index (Phi) is 8.57. The number of carbonyl (C=O) groups is 1. The van der Waals surface area contributed by atoms with Crippen LogP contribution in [0, 0.1) is 5.92 Å². The van der Waals surface area contributed by atoms with Crippen LogP contribution in [0.15, 0.2) is 17.4 Å². The van der Waals surface area contributed by atoms with Crippen LogP contribution >= 0.6 is 0 Å². The molecule has 0 spiro atoms. The Morgan fingerprint density at radius 2 is 2.11 bits per heavy atom. The molecular formula is C19H35N7O. The van der Waals surface area contributed by atoms with Gasteiger partial charge in [0.2, 0.25) is 5.91 Å². The van der Waals surface area contributed by atoms with Gasteiger partial charge in [-0.25, -0.2) is 9.98 Å². The summed E-state index contributed by atoms with van der Waals surface area (Å²) in [5.74, 6) is 2.48. The Labute approximate surface area is 162 Å². The van der Waals surface area contributed by atoms with E-state index in [0.717, 1.165) is 50.8 Å². The maximum Gasteiger partial charge on any atom is 0.233 e. The minimum atomic E-state index is 0.0770. The van der Waals surface area contributed by atoms with Crippen LogP contribution < -0.4 is 16.0 Å². The van der Waals surface area contributed by atoms with Gasteiger partial charge in [-0.05, 0) is 25.7 Å². The number of guanidine groups is 1. The van der Waals surface area contributed by atoms with Crippen LogP contribution in [0.25, 0.3) is 0 Å². The monoisotopic (exact) mass is 377 g/mol. The first kappa shape index (κ1) is 21.2. The molecule has 8 nitrogen and oxygen atoms in total. The Bertz CT molecular complexity index is 603. The number of likely N-dealkylation sites (tertiary alicyclic amines) is 1. The van der Waals surface area contributed by atoms with Gasteiger partial charge in [0.25, 0.3) is 0 Å². The summed E-state index contributed by atoms with van der Waals surface area (Å²) in [5, 5.41) is 9.56. The van der Waals surface area contributed by atoms with E-state index in [1.807, 2.05) is 12.4 Å². The number of piperidine rings is 1. The summed E-state index contributed by atoms with van der Waals surface area (Å²) in [5.41, 5.74) is 0. The average Bonchev–Trinajstić information content (AvgIpc) is 3.07. The molecule has 1 saturated heterocycles. The number of nitrogens with zero attached hydrogens (tertiary/aromatic N) is 4. The van der Waals surface area contributed by atoms with Crippen LogP contribution in [-0.4, -0.2) is 65.6 Å². The second-order valence-electron chi connectivity index (χ2n) is 7.45. The summed E-state index contributed by atoms with van der Waals surface area (Å²) < 4.78 is 2.18. The third kappa shape index (κ3) is 7.21. The lowest BCUT2D eigenvalue weighted by molar-refractivity contribution is -0.122. The number of carbonyl (C=O) groups excluding carboxylic acids is 1. The van der Waals surface area contributed by atoms with Crippen molar-refractivity contribution in [3.05, 3.63) is 18.2 Å². The van der Waals surface area contributed by atoms with Crippen LogP contribution in [0.3, 0.4) is 0 Å². The molecule has 0 atom stereocenters. The van der Waals surface area contributed by atoms with Crippen molar-refractivity contribution in [3.8, 4) is 0 Å². The molecule has 0 bridgehead atoms. The highest BCUT2D eigenvalue weighted by Crippen LogP contribution is 2.10. The fourth-order valence-electron chi connectivity index (χ4n) is 3.23. The van der Waals surface area contributed by atoms with Gasteiger partial charge in [0.1, 0.15) is 12.4 Å². The van der Waals surface area contributed by atoms with Gasteiger partial charge < -0.3 is 20.5 Å². The van der Waals surface area contributed by atoms with Crippen molar-refractivity contribution in [2.45, 2.75) is 52.7 Å². The summed E-state index contributed by atoms with van der Waals surface area (Å²) in [4.78, 5) is 22.9. The number of aliphatic imine (C=N–C) groups is 1. The fourth-order valence-corrected chi connectivity index (χ4v) is 3.23. The lowest BCUT2D eigenvalue weighted by Crippen LogP contribution is -2.50. The maximum atomic E-state index is 11.5. The van der Waals surface area contributed by atoms with Crippen molar-refractivity contribution in [2.75, 3.05) is 33.2 Å². The van der Waals surface area contributed by atoms with Crippen LogP contribution in [0.1, 0.15) is 39.4 Å². The number of hydrogen-bond donors (Lipinski definition) is 3. The summed E-state index contributed by atoms with van der Waals surface area (Å²) in [6.07, 6.45) is 5.87. The van der Waals surface area contributed by atoms with Crippen molar-refractivity contribution in [2.24, 2.45) is 10.9 Å². The molecular weight excluding hydrogens is 342 g/mol. The van der Waals surface area contributed by atoms with Gasteiger partial charge >= 0.3 is 0 Å². The topological polar surface area (TPSA) is 86.6 Å². The molecule has 0 aromatic carbocycles. The molecule has 27 heavy (non-hydrogen) atoms. The predicted octanol–water partition coefficient (Wildman–Crippen LogP) is 0.805. The second-order valence-corrected chi connectivity index (χ2v) is 7.45. The van der Waals surface area contributed by atoms with Gasteiger partial charge in [-0.1, -0.05) is 13.8 Å². The Morgan fingerprint density at radius 1 is 1.37 bits per heavy atom. The van der Waals surface area contributed by atoms with Crippen LogP contribution in [-0.2, 0) is 17.9 Å². The smallest absolute Gasteiger partial charge is 0.233 e. The zero-order valence-corrected chi connectivity index (χ0v) is 17.2. The van der Waals surface area contributed by atoms with E-state index >= 15 is 0 Å². The highest BCUT2D eigenvalue weighted by molar-refractivity contribution is 5.80. The van der Waals surface area contributed by atoms with Crippen molar-refractivity contribution >= 4 is 11.9 Å². The predicted molar refractivity (Wildman–Crippen MR) is 109 cm³/mol. The molecule has 2 rings (SSSR count). The van der Waals surface area contributed by atoms with Gasteiger partial charge in [-0.15, -0.1) is 0 Å². The molecule has 152 valence electrons. The zero-order chi connectivity index (χ0) is 19.6. The highest BCUT2D eigenvalue weighted by atomic mass is 16.1. The largest absolute Gasteiger partial charge is 0.358 e. The molecule has 0 radical (unpaired) electrons. The number of imidazole rings is 1. The van der Waals surface area contributed by atoms with Crippen LogP contribution in [0.4, 0.5) is 0 Å². The number of hydrogen-bond acceptors (Lipinski definition) is 4. The Hall–Kier alpha value is -2.09. The summed E-state index contributed by atoms with van der Waals surface area (Å²) >= 11 is 0. The van der Waals surface area contributed by atoms with Crippen molar-refractivity contribution in [1.82, 2.24) is 30.4 Å². The molecule has 1 aromatic rings. The minimum absolute atomic E-state index is 0.0770. The van der Waals surface area contributed by atoms with E-state index in [0.29, 0.717) is 25.0 Å². The van der Waals surface area contributed by atoms with E-state index in [1.54, 1.807) is 7.05 Å². The number of nitrogens with one attached hydrogen (secondary N) is 3. The number of rotatable bonds is 8. The third-order valence-electron chi connectivity index (χ3n) is 4.66. The van der Waals surface area contributed by atoms with E-state index in [-0.39, 0.29) is 5.91 Å². The van der Waals surface area contributed by atoms with Crippen molar-refractivity contribution in [3.63, 3.8) is 0 Å². The van der Waals surface area contributed by atoms with Gasteiger partial charge in [-0.2, -0.15) is 0 Å². The standard InChI is InChI=1S/C19H35N7O/c1-5-21-19(23-12-17-22-8-11-26(17)13-15(2)3)24-16-6-9-25(10-7-16)14-18(27)20-4/h8,11,15-16H,5-7,9-10,12-14H2,1-4H3,(H,20,27)(H2,21,23,24). The summed E-state index contributed by atoms with van der Waals surface area (Å²) in [6, 6.07) is 0.374. The second kappa shape index (κ2) is 10.9. The normalized spacial score (nSPS) is 16.6. The SMILES string of the molecule is CCNC(=NCc1nccn1CC(C)C)NC1CCN(CC(=O)NC)CC1. The number of aromatic nitrogens is 2. The zero-order valence-electron chi connectivity index (χ0n) is 17.2. The van der Waals surface area contributed by atoms with E-state index < -0.39 is 0 Å². The third-order valence-corrected chi connectivity index (χ3v) is 4.66. The Morgan fingerprint density at radius 3 is 2.74 bits per heavy atom. The molecule has 0 saturated carbocycles. The summed E-state index contributed by atoms with van der Waals surface area (Å²) in [6.45, 7) is 11.1. The molecule has 1 aromatic heterocycles. The van der Waals surface area contributed by atoms with Gasteiger partial charge in [0, 0.05) is 51.7 Å². The number of likely N-dealkylation sites (N-methyl/N-ethyl adjacent to an activating group) is 1. The van der Waals surface area contributed by atoms with Crippen molar-refractivity contribution in [1.29, 1.82) is 0 Å². The first-order valence-electron chi connectivity index (χ1n) is 9.99. The van der Waals surface area contributed by atoms with Crippen LogP contribution in [0.2, 0.25) is 0 Å². The lowest BCUT2D eigenvalue weighted by atomic mass is 10.1. The molecule has 1 aliphatic heterocycles. The van der Waals surface area contributed by atoms with E-state index in [1.165, 1.54) is 0 Å². The first-order chi connectivity index (χ1) is 13.0. The average molecular weight is 378 g/mol. The molecule has 1 fully saturated rings. The molecule has 2 heterocycles. The number of amides is 1. The molecule has 1 aliphatic rings. The minimum Gasteiger partial charge on any atom is -0.358 e. The van der Waals surface area contributed by atoms with E-state index in [9.17, 15) is 4.79 Å². The fraction of sp³-hybridized carbons (Fsp3) is 0.737. The van der Waals surface area contributed by atoms with Gasteiger partial charge in [-0.3, -0.25) is 9.69 Å². The first-order valence-corrected chi connectivity index (χ1v) is 9.99. The quantitative estimate of drug-likeness (QED) is 0.461. The van der Waals surface area contributed by atoms with Gasteiger partial charge in [0.05, 0.1) is 6.54 Å². The maximum absolute atomic E-state index is 11.5. The Balaban J connectivity index is 1.87. The van der Waals surface area contributed by atoms with E-state index in [2.05, 4.69) is 51.2 Å². The highest BCUT2D eigenvalue weighted by Gasteiger charge is 2.21. The summed E-state index contributed by atoms with van der Waals surface area (Å²) in [7, 11) is 1.68. The van der Waals surface area contributed by atoms with Gasteiger partial charge in [0.15, 0.2) is 5.96 Å². The molecule has 0 aliphatic carbocycles. The molecule has 1 amide bonds. The molecule has 8 heteroatoms. The molecule has 0 unspecified atom stereocenters.